The summed E-state index contributed by atoms with van der Waals surface area (Å²) in [6.07, 6.45) is 1.04. The van der Waals surface area contributed by atoms with E-state index in [1.54, 1.807) is 0 Å². The number of hydrogen-bond acceptors (Lipinski definition) is 3. The van der Waals surface area contributed by atoms with Crippen molar-refractivity contribution in [2.24, 2.45) is 5.10 Å². The first-order valence-electron chi connectivity index (χ1n) is 2.43. The third-order valence-corrected chi connectivity index (χ3v) is 0.468. The minimum atomic E-state index is -0.285. The molecule has 0 fully saturated rings. The van der Waals surface area contributed by atoms with Crippen LogP contribution in [0.3, 0.4) is 0 Å². The van der Waals surface area contributed by atoms with Crippen molar-refractivity contribution in [3.05, 3.63) is 0 Å². The van der Waals surface area contributed by atoms with Gasteiger partial charge in [-0.1, -0.05) is 0 Å². The molecule has 0 heterocycles. The van der Waals surface area contributed by atoms with Crippen LogP contribution in [0, 0.1) is 0 Å². The summed E-state index contributed by atoms with van der Waals surface area (Å²) < 4.78 is 0. The van der Waals surface area contributed by atoms with Crippen molar-refractivity contribution in [2.45, 2.75) is 13.8 Å². The van der Waals surface area contributed by atoms with E-state index in [9.17, 15) is 9.59 Å². The fraction of sp³-hybridized carbons (Fsp3) is 0.400. The quantitative estimate of drug-likeness (QED) is 0.410. The lowest BCUT2D eigenvalue weighted by molar-refractivity contribution is -0.118. The molecule has 0 aromatic heterocycles. The molecule has 1 amide bonds. The second-order valence-electron chi connectivity index (χ2n) is 1.54. The summed E-state index contributed by atoms with van der Waals surface area (Å²) >= 11 is 0. The van der Waals surface area contributed by atoms with Crippen LogP contribution in [0.25, 0.3) is 0 Å². The SMILES string of the molecule is CC(=O)C=NNC(C)=O. The molecule has 0 unspecified atom stereocenters. The van der Waals surface area contributed by atoms with Gasteiger partial charge in [0, 0.05) is 13.8 Å². The lowest BCUT2D eigenvalue weighted by Gasteiger charge is -1.86. The highest BCUT2D eigenvalue weighted by Gasteiger charge is 1.84. The molecule has 0 spiro atoms. The van der Waals surface area contributed by atoms with Gasteiger partial charge in [0.25, 0.3) is 0 Å². The van der Waals surface area contributed by atoms with Crippen molar-refractivity contribution in [2.75, 3.05) is 0 Å². The molecule has 0 saturated heterocycles. The Morgan fingerprint density at radius 3 is 2.33 bits per heavy atom. The summed E-state index contributed by atoms with van der Waals surface area (Å²) in [6, 6.07) is 0. The number of nitrogens with zero attached hydrogens (tertiary/aromatic N) is 1. The summed E-state index contributed by atoms with van der Waals surface area (Å²) in [5.74, 6) is -0.476. The molecule has 0 aromatic carbocycles. The number of amides is 1. The number of Topliss-reactive ketones (excluding diaryl/α,β-unsaturated/α-hetero) is 1. The predicted octanol–water partition coefficient (Wildman–Crippen LogP) is -0.303. The zero-order chi connectivity index (χ0) is 7.28. The molecule has 4 heteroatoms. The van der Waals surface area contributed by atoms with Gasteiger partial charge in [-0.25, -0.2) is 5.43 Å². The topological polar surface area (TPSA) is 58.5 Å². The Bertz CT molecular complexity index is 151. The van der Waals surface area contributed by atoms with Crippen LogP contribution in [0.15, 0.2) is 5.10 Å². The number of carbonyl (C=O) groups excluding carboxylic acids is 2. The van der Waals surface area contributed by atoms with E-state index < -0.39 is 0 Å². The van der Waals surface area contributed by atoms with Gasteiger partial charge >= 0.3 is 0 Å². The molecule has 0 aliphatic rings. The minimum Gasteiger partial charge on any atom is -0.293 e. The van der Waals surface area contributed by atoms with E-state index in [4.69, 9.17) is 0 Å². The van der Waals surface area contributed by atoms with Crippen LogP contribution in [-0.4, -0.2) is 17.9 Å². The molecule has 0 atom stereocenters. The Morgan fingerprint density at radius 1 is 1.44 bits per heavy atom. The van der Waals surface area contributed by atoms with Crippen LogP contribution in [0.5, 0.6) is 0 Å². The maximum Gasteiger partial charge on any atom is 0.236 e. The summed E-state index contributed by atoms with van der Waals surface area (Å²) in [5.41, 5.74) is 2.09. The molecule has 0 aliphatic heterocycles. The molecule has 4 nitrogen and oxygen atoms in total. The van der Waals surface area contributed by atoms with E-state index in [0.717, 1.165) is 6.21 Å². The van der Waals surface area contributed by atoms with Crippen LogP contribution in [-0.2, 0) is 9.59 Å². The lowest BCUT2D eigenvalue weighted by Crippen LogP contribution is -2.13. The second-order valence-corrected chi connectivity index (χ2v) is 1.54. The van der Waals surface area contributed by atoms with Gasteiger partial charge in [-0.3, -0.25) is 9.59 Å². The smallest absolute Gasteiger partial charge is 0.236 e. The summed E-state index contributed by atoms with van der Waals surface area (Å²) in [4.78, 5) is 20.2. The number of hydrazone groups is 1. The average molecular weight is 128 g/mol. The Hall–Kier alpha value is -1.19. The first-order valence-corrected chi connectivity index (χ1v) is 2.43. The largest absolute Gasteiger partial charge is 0.293 e. The predicted molar refractivity (Wildman–Crippen MR) is 33.0 cm³/mol. The van der Waals surface area contributed by atoms with Gasteiger partial charge in [0.1, 0.15) is 0 Å². The molecule has 0 saturated carbocycles. The van der Waals surface area contributed by atoms with E-state index in [2.05, 4.69) is 10.5 Å². The van der Waals surface area contributed by atoms with Crippen molar-refractivity contribution in [1.82, 2.24) is 5.43 Å². The Morgan fingerprint density at radius 2 is 2.00 bits per heavy atom. The fourth-order valence-corrected chi connectivity index (χ4v) is 0.214. The van der Waals surface area contributed by atoms with Gasteiger partial charge < -0.3 is 0 Å². The third kappa shape index (κ3) is 6.81. The highest BCUT2D eigenvalue weighted by atomic mass is 16.2. The van der Waals surface area contributed by atoms with Gasteiger partial charge in [0.05, 0.1) is 6.21 Å². The van der Waals surface area contributed by atoms with Crippen molar-refractivity contribution in [1.29, 1.82) is 0 Å². The molecule has 0 radical (unpaired) electrons. The lowest BCUT2D eigenvalue weighted by atomic mass is 10.5. The van der Waals surface area contributed by atoms with E-state index in [0.29, 0.717) is 0 Å². The standard InChI is InChI=1S/C5H8N2O2/c1-4(8)3-6-7-5(2)9/h3H,1-2H3,(H,7,9). The van der Waals surface area contributed by atoms with Gasteiger partial charge in [0.15, 0.2) is 5.78 Å². The number of carbonyl (C=O) groups is 2. The zero-order valence-electron chi connectivity index (χ0n) is 5.34. The molecule has 0 bridgehead atoms. The van der Waals surface area contributed by atoms with E-state index in [1.807, 2.05) is 0 Å². The fourth-order valence-electron chi connectivity index (χ4n) is 0.214. The number of nitrogens with one attached hydrogen (secondary N) is 1. The number of hydrogen-bond donors (Lipinski definition) is 1. The molecule has 0 aromatic rings. The maximum atomic E-state index is 10.1. The summed E-state index contributed by atoms with van der Waals surface area (Å²) in [7, 11) is 0. The normalized spacial score (nSPS) is 9.56. The second kappa shape index (κ2) is 3.77. The van der Waals surface area contributed by atoms with Crippen molar-refractivity contribution in [3.8, 4) is 0 Å². The van der Waals surface area contributed by atoms with Gasteiger partial charge in [0.2, 0.25) is 5.91 Å². The molecular formula is C5H8N2O2. The van der Waals surface area contributed by atoms with Gasteiger partial charge in [-0.05, 0) is 0 Å². The number of ketones is 1. The van der Waals surface area contributed by atoms with E-state index >= 15 is 0 Å². The monoisotopic (exact) mass is 128 g/mol. The number of rotatable bonds is 2. The van der Waals surface area contributed by atoms with Crippen LogP contribution in [0.2, 0.25) is 0 Å². The first kappa shape index (κ1) is 7.81. The Kier molecular flexibility index (Phi) is 3.27. The molecule has 0 aliphatic carbocycles. The average Bonchev–Trinajstić information content (AvgIpc) is 1.63. The van der Waals surface area contributed by atoms with E-state index in [1.165, 1.54) is 13.8 Å². The summed E-state index contributed by atoms with van der Waals surface area (Å²) in [5, 5.41) is 3.30. The van der Waals surface area contributed by atoms with Crippen LogP contribution >= 0.6 is 0 Å². The molecular weight excluding hydrogens is 120 g/mol. The third-order valence-electron chi connectivity index (χ3n) is 0.468. The van der Waals surface area contributed by atoms with Crippen LogP contribution in [0.4, 0.5) is 0 Å². The Labute approximate surface area is 52.9 Å². The zero-order valence-corrected chi connectivity index (χ0v) is 5.34. The maximum absolute atomic E-state index is 10.1. The summed E-state index contributed by atoms with van der Waals surface area (Å²) in [6.45, 7) is 2.67. The van der Waals surface area contributed by atoms with Gasteiger partial charge in [-0.15, -0.1) is 0 Å². The Balaban J connectivity index is 3.48. The first-order chi connectivity index (χ1) is 4.13. The molecule has 9 heavy (non-hydrogen) atoms. The van der Waals surface area contributed by atoms with Crippen molar-refractivity contribution >= 4 is 17.9 Å². The van der Waals surface area contributed by atoms with Crippen molar-refractivity contribution < 1.29 is 9.59 Å². The van der Waals surface area contributed by atoms with Gasteiger partial charge in [-0.2, -0.15) is 5.10 Å². The molecule has 50 valence electrons. The van der Waals surface area contributed by atoms with Crippen LogP contribution in [0.1, 0.15) is 13.8 Å². The van der Waals surface area contributed by atoms with Crippen molar-refractivity contribution in [3.63, 3.8) is 0 Å². The molecule has 0 rings (SSSR count). The van der Waals surface area contributed by atoms with E-state index in [-0.39, 0.29) is 11.7 Å². The van der Waals surface area contributed by atoms with Crippen LogP contribution < -0.4 is 5.43 Å². The highest BCUT2D eigenvalue weighted by Crippen LogP contribution is 1.62. The minimum absolute atomic E-state index is 0.191. The highest BCUT2D eigenvalue weighted by molar-refractivity contribution is 6.26. The molecule has 1 N–H and O–H groups in total.